The number of piperidine rings is 1. The molecule has 176 valence electrons. The summed E-state index contributed by atoms with van der Waals surface area (Å²) >= 11 is 0. The first-order valence-electron chi connectivity index (χ1n) is 11.8. The van der Waals surface area contributed by atoms with E-state index in [1.165, 1.54) is 5.56 Å². The summed E-state index contributed by atoms with van der Waals surface area (Å²) in [6, 6.07) is 11.7. The molecule has 0 bridgehead atoms. The minimum atomic E-state index is 0.426. The summed E-state index contributed by atoms with van der Waals surface area (Å²) in [4.78, 5) is 16.0. The molecule has 0 aliphatic carbocycles. The first-order valence-corrected chi connectivity index (χ1v) is 11.8. The Morgan fingerprint density at radius 3 is 2.85 bits per heavy atom. The Labute approximate surface area is 195 Å². The number of aryl methyl sites for hydroxylation is 1. The molecule has 1 aliphatic heterocycles. The number of anilines is 1. The molecule has 0 radical (unpaired) electrons. The predicted molar refractivity (Wildman–Crippen MR) is 133 cm³/mol. The predicted octanol–water partition coefficient (Wildman–Crippen LogP) is 2.38. The molecule has 1 saturated heterocycles. The molecule has 0 saturated carbocycles. The molecule has 2 atom stereocenters. The van der Waals surface area contributed by atoms with Crippen LogP contribution in [0.5, 0.6) is 0 Å². The van der Waals surface area contributed by atoms with Gasteiger partial charge in [0.2, 0.25) is 0 Å². The molecule has 0 spiro atoms. The third-order valence-corrected chi connectivity index (χ3v) is 6.13. The van der Waals surface area contributed by atoms with E-state index in [9.17, 15) is 0 Å². The van der Waals surface area contributed by atoms with Crippen LogP contribution in [0.1, 0.15) is 32.3 Å². The van der Waals surface area contributed by atoms with Gasteiger partial charge in [-0.3, -0.25) is 14.6 Å². The van der Waals surface area contributed by atoms with Crippen LogP contribution in [0.4, 0.5) is 5.82 Å². The van der Waals surface area contributed by atoms with E-state index in [1.54, 1.807) is 17.2 Å². The molecule has 2 unspecified atom stereocenters. The number of aliphatic imine (C=N–C) groups is 1. The summed E-state index contributed by atoms with van der Waals surface area (Å²) in [7, 11) is 1.88. The Balaban J connectivity index is 1.27. The Hall–Kier alpha value is -3.20. The SMILES string of the molecule is CCNC(=NCCNc1ncnc2c1cnn2C)NC1CCN(Cc2ccccc2)C(C)C1. The minimum absolute atomic E-state index is 0.426. The molecule has 2 aromatic heterocycles. The van der Waals surface area contributed by atoms with E-state index < -0.39 is 0 Å². The standard InChI is InChI=1S/C24H35N9/c1-4-25-24(27-12-11-26-22-21-15-30-32(3)23(21)29-17-28-22)31-20-10-13-33(18(2)14-20)16-19-8-6-5-7-9-19/h5-9,15,17-18,20H,4,10-14,16H2,1-3H3,(H2,25,27,31)(H,26,28,29). The zero-order valence-electron chi connectivity index (χ0n) is 19.8. The molecule has 0 amide bonds. The maximum atomic E-state index is 4.77. The molecule has 1 fully saturated rings. The van der Waals surface area contributed by atoms with E-state index >= 15 is 0 Å². The maximum Gasteiger partial charge on any atom is 0.191 e. The van der Waals surface area contributed by atoms with Crippen molar-refractivity contribution in [2.75, 3.05) is 31.5 Å². The minimum Gasteiger partial charge on any atom is -0.367 e. The number of nitrogens with one attached hydrogen (secondary N) is 3. The fraction of sp³-hybridized carbons (Fsp3) is 0.500. The quantitative estimate of drug-likeness (QED) is 0.276. The van der Waals surface area contributed by atoms with Crippen molar-refractivity contribution in [3.05, 3.63) is 48.4 Å². The summed E-state index contributed by atoms with van der Waals surface area (Å²) in [6.45, 7) is 8.69. The highest BCUT2D eigenvalue weighted by Gasteiger charge is 2.25. The van der Waals surface area contributed by atoms with Crippen molar-refractivity contribution in [3.8, 4) is 0 Å². The van der Waals surface area contributed by atoms with Crippen LogP contribution in [-0.4, -0.2) is 68.9 Å². The number of rotatable bonds is 8. The van der Waals surface area contributed by atoms with Gasteiger partial charge in [0.15, 0.2) is 11.6 Å². The van der Waals surface area contributed by atoms with E-state index in [2.05, 4.69) is 80.1 Å². The third kappa shape index (κ3) is 5.98. The summed E-state index contributed by atoms with van der Waals surface area (Å²) in [5.74, 6) is 1.67. The molecule has 9 heteroatoms. The third-order valence-electron chi connectivity index (χ3n) is 6.13. The van der Waals surface area contributed by atoms with Crippen LogP contribution in [0.25, 0.3) is 11.0 Å². The second-order valence-electron chi connectivity index (χ2n) is 8.59. The van der Waals surface area contributed by atoms with E-state index in [-0.39, 0.29) is 0 Å². The molecule has 33 heavy (non-hydrogen) atoms. The number of benzene rings is 1. The molecule has 9 nitrogen and oxygen atoms in total. The van der Waals surface area contributed by atoms with Crippen LogP contribution in [0.3, 0.4) is 0 Å². The lowest BCUT2D eigenvalue weighted by Gasteiger charge is -2.38. The topological polar surface area (TPSA) is 95.3 Å². The Morgan fingerprint density at radius 1 is 1.21 bits per heavy atom. The molecule has 3 heterocycles. The Morgan fingerprint density at radius 2 is 2.06 bits per heavy atom. The number of nitrogens with zero attached hydrogens (tertiary/aromatic N) is 6. The zero-order chi connectivity index (χ0) is 23.0. The molecular weight excluding hydrogens is 414 g/mol. The fourth-order valence-corrected chi connectivity index (χ4v) is 4.36. The van der Waals surface area contributed by atoms with Gasteiger partial charge < -0.3 is 16.0 Å². The molecule has 1 aliphatic rings. The summed E-state index contributed by atoms with van der Waals surface area (Å²) in [5, 5.41) is 15.6. The van der Waals surface area contributed by atoms with Crippen molar-refractivity contribution in [3.63, 3.8) is 0 Å². The van der Waals surface area contributed by atoms with Crippen molar-refractivity contribution in [2.45, 2.75) is 45.3 Å². The first-order chi connectivity index (χ1) is 16.1. The summed E-state index contributed by atoms with van der Waals surface area (Å²) in [5.41, 5.74) is 2.20. The van der Waals surface area contributed by atoms with E-state index in [0.29, 0.717) is 25.2 Å². The maximum absolute atomic E-state index is 4.77. The highest BCUT2D eigenvalue weighted by atomic mass is 15.3. The summed E-state index contributed by atoms with van der Waals surface area (Å²) in [6.07, 6.45) is 5.57. The number of fused-ring (bicyclic) bond motifs is 1. The van der Waals surface area contributed by atoms with Crippen molar-refractivity contribution >= 4 is 22.8 Å². The van der Waals surface area contributed by atoms with Crippen molar-refractivity contribution < 1.29 is 0 Å². The van der Waals surface area contributed by atoms with Gasteiger partial charge in [-0.2, -0.15) is 5.10 Å². The molecular formula is C24H35N9. The van der Waals surface area contributed by atoms with Crippen LogP contribution in [0, 0.1) is 0 Å². The van der Waals surface area contributed by atoms with E-state index in [1.807, 2.05) is 7.05 Å². The van der Waals surface area contributed by atoms with Crippen LogP contribution in [-0.2, 0) is 13.6 Å². The Bertz CT molecular complexity index is 1050. The van der Waals surface area contributed by atoms with Gasteiger partial charge in [-0.15, -0.1) is 0 Å². The van der Waals surface area contributed by atoms with E-state index in [4.69, 9.17) is 4.99 Å². The first kappa shape index (κ1) is 23.0. The van der Waals surface area contributed by atoms with Crippen LogP contribution >= 0.6 is 0 Å². The fourth-order valence-electron chi connectivity index (χ4n) is 4.36. The van der Waals surface area contributed by atoms with E-state index in [0.717, 1.165) is 55.3 Å². The lowest BCUT2D eigenvalue weighted by molar-refractivity contribution is 0.134. The van der Waals surface area contributed by atoms with Crippen molar-refractivity contribution in [1.82, 2.24) is 35.3 Å². The van der Waals surface area contributed by atoms with Crippen LogP contribution in [0.2, 0.25) is 0 Å². The smallest absolute Gasteiger partial charge is 0.191 e. The molecule has 4 rings (SSSR count). The van der Waals surface area contributed by atoms with Crippen molar-refractivity contribution in [1.29, 1.82) is 0 Å². The van der Waals surface area contributed by atoms with Gasteiger partial charge in [0.25, 0.3) is 0 Å². The van der Waals surface area contributed by atoms with Crippen molar-refractivity contribution in [2.24, 2.45) is 12.0 Å². The normalized spacial score (nSPS) is 19.5. The second-order valence-corrected chi connectivity index (χ2v) is 8.59. The van der Waals surface area contributed by atoms with Gasteiger partial charge in [0.05, 0.1) is 18.1 Å². The van der Waals surface area contributed by atoms with Gasteiger partial charge in [-0.1, -0.05) is 30.3 Å². The average molecular weight is 450 g/mol. The summed E-state index contributed by atoms with van der Waals surface area (Å²) < 4.78 is 1.75. The number of hydrogen-bond donors (Lipinski definition) is 3. The average Bonchev–Trinajstić information content (AvgIpc) is 3.21. The molecule has 3 aromatic rings. The van der Waals surface area contributed by atoms with Gasteiger partial charge in [0.1, 0.15) is 12.1 Å². The Kier molecular flexibility index (Phi) is 7.72. The lowest BCUT2D eigenvalue weighted by Crippen LogP contribution is -2.51. The van der Waals surface area contributed by atoms with Crippen LogP contribution in [0.15, 0.2) is 47.8 Å². The number of hydrogen-bond acceptors (Lipinski definition) is 6. The monoisotopic (exact) mass is 449 g/mol. The highest BCUT2D eigenvalue weighted by molar-refractivity contribution is 5.86. The highest BCUT2D eigenvalue weighted by Crippen LogP contribution is 2.20. The van der Waals surface area contributed by atoms with Gasteiger partial charge in [-0.25, -0.2) is 9.97 Å². The zero-order valence-corrected chi connectivity index (χ0v) is 19.8. The lowest BCUT2D eigenvalue weighted by atomic mass is 9.97. The molecule has 1 aromatic carbocycles. The molecule has 3 N–H and O–H groups in total. The number of aromatic nitrogens is 4. The van der Waals surface area contributed by atoms with Gasteiger partial charge in [-0.05, 0) is 32.3 Å². The number of likely N-dealkylation sites (tertiary alicyclic amines) is 1. The van der Waals surface area contributed by atoms with Gasteiger partial charge >= 0.3 is 0 Å². The second kappa shape index (κ2) is 11.1. The van der Waals surface area contributed by atoms with Crippen LogP contribution < -0.4 is 16.0 Å². The number of guanidine groups is 1. The largest absolute Gasteiger partial charge is 0.367 e. The van der Waals surface area contributed by atoms with Gasteiger partial charge in [0, 0.05) is 45.3 Å².